The number of nitrogens with one attached hydrogen (secondary N) is 1. The van der Waals surface area contributed by atoms with Gasteiger partial charge in [-0.15, -0.1) is 0 Å². The standard InChI is InChI=1S/C13H11ClN4/c14-12-3-11(2-1-9(12)4-15)18-8-17-7-13(18)10-5-16-6-10/h1-3,7-8,10,16H,5-6H2. The second kappa shape index (κ2) is 4.45. The molecule has 3 rings (SSSR count). The Morgan fingerprint density at radius 1 is 1.44 bits per heavy atom. The predicted molar refractivity (Wildman–Crippen MR) is 68.9 cm³/mol. The molecule has 0 unspecified atom stereocenters. The van der Waals surface area contributed by atoms with Gasteiger partial charge < -0.3 is 9.88 Å². The number of imidazole rings is 1. The van der Waals surface area contributed by atoms with E-state index < -0.39 is 0 Å². The summed E-state index contributed by atoms with van der Waals surface area (Å²) in [6, 6.07) is 7.49. The van der Waals surface area contributed by atoms with Gasteiger partial charge in [-0.3, -0.25) is 0 Å². The summed E-state index contributed by atoms with van der Waals surface area (Å²) in [7, 11) is 0. The Bertz CT molecular complexity index is 622. The van der Waals surface area contributed by atoms with Crippen LogP contribution in [0, 0.1) is 11.3 Å². The second-order valence-corrected chi connectivity index (χ2v) is 4.73. The first kappa shape index (κ1) is 11.3. The van der Waals surface area contributed by atoms with Gasteiger partial charge in [0.25, 0.3) is 0 Å². The van der Waals surface area contributed by atoms with E-state index in [1.165, 1.54) is 5.69 Å². The van der Waals surface area contributed by atoms with E-state index in [4.69, 9.17) is 16.9 Å². The molecule has 1 aliphatic heterocycles. The molecule has 2 aromatic rings. The van der Waals surface area contributed by atoms with Crippen LogP contribution in [0.3, 0.4) is 0 Å². The van der Waals surface area contributed by atoms with Gasteiger partial charge in [0, 0.05) is 36.6 Å². The highest BCUT2D eigenvalue weighted by molar-refractivity contribution is 6.31. The molecule has 1 aliphatic rings. The minimum Gasteiger partial charge on any atom is -0.315 e. The number of rotatable bonds is 2. The second-order valence-electron chi connectivity index (χ2n) is 4.32. The van der Waals surface area contributed by atoms with E-state index in [0.717, 1.165) is 18.8 Å². The van der Waals surface area contributed by atoms with Gasteiger partial charge in [0.1, 0.15) is 6.07 Å². The summed E-state index contributed by atoms with van der Waals surface area (Å²) in [6.07, 6.45) is 3.67. The Hall–Kier alpha value is -1.83. The van der Waals surface area contributed by atoms with Crippen molar-refractivity contribution in [1.82, 2.24) is 14.9 Å². The normalized spacial score (nSPS) is 15.1. The first-order valence-corrected chi connectivity index (χ1v) is 6.10. The number of nitrogens with zero attached hydrogens (tertiary/aromatic N) is 3. The summed E-state index contributed by atoms with van der Waals surface area (Å²) in [5.41, 5.74) is 2.61. The maximum atomic E-state index is 8.87. The van der Waals surface area contributed by atoms with Gasteiger partial charge in [-0.2, -0.15) is 5.26 Å². The number of hydrogen-bond acceptors (Lipinski definition) is 3. The largest absolute Gasteiger partial charge is 0.315 e. The van der Waals surface area contributed by atoms with Gasteiger partial charge in [-0.25, -0.2) is 4.98 Å². The molecule has 0 spiro atoms. The van der Waals surface area contributed by atoms with Crippen LogP contribution in [0.2, 0.25) is 5.02 Å². The highest BCUT2D eigenvalue weighted by Crippen LogP contribution is 2.25. The first-order chi connectivity index (χ1) is 8.79. The molecule has 0 aliphatic carbocycles. The SMILES string of the molecule is N#Cc1ccc(-n2cncc2C2CNC2)cc1Cl. The molecule has 90 valence electrons. The van der Waals surface area contributed by atoms with Gasteiger partial charge in [-0.05, 0) is 18.2 Å². The monoisotopic (exact) mass is 258 g/mol. The molecule has 2 heterocycles. The summed E-state index contributed by atoms with van der Waals surface area (Å²) in [6.45, 7) is 1.96. The van der Waals surface area contributed by atoms with E-state index >= 15 is 0 Å². The Kier molecular flexibility index (Phi) is 2.78. The van der Waals surface area contributed by atoms with E-state index in [-0.39, 0.29) is 0 Å². The molecular formula is C13H11ClN4. The molecule has 1 fully saturated rings. The summed E-state index contributed by atoms with van der Waals surface area (Å²) >= 11 is 6.06. The van der Waals surface area contributed by atoms with E-state index in [1.807, 2.05) is 16.8 Å². The highest BCUT2D eigenvalue weighted by Gasteiger charge is 2.22. The van der Waals surface area contributed by atoms with Crippen LogP contribution in [0.1, 0.15) is 17.2 Å². The van der Waals surface area contributed by atoms with Gasteiger partial charge in [0.15, 0.2) is 0 Å². The Morgan fingerprint density at radius 2 is 2.28 bits per heavy atom. The molecule has 0 bridgehead atoms. The zero-order chi connectivity index (χ0) is 12.5. The van der Waals surface area contributed by atoms with E-state index in [1.54, 1.807) is 18.5 Å². The van der Waals surface area contributed by atoms with E-state index in [9.17, 15) is 0 Å². The van der Waals surface area contributed by atoms with Crippen LogP contribution in [0.25, 0.3) is 5.69 Å². The number of halogens is 1. The predicted octanol–water partition coefficient (Wildman–Crippen LogP) is 2.08. The van der Waals surface area contributed by atoms with Crippen molar-refractivity contribution in [3.63, 3.8) is 0 Å². The zero-order valence-electron chi connectivity index (χ0n) is 9.60. The lowest BCUT2D eigenvalue weighted by Gasteiger charge is -2.27. The van der Waals surface area contributed by atoms with Crippen molar-refractivity contribution in [3.05, 3.63) is 47.0 Å². The number of aromatic nitrogens is 2. The smallest absolute Gasteiger partial charge is 0.101 e. The van der Waals surface area contributed by atoms with Crippen LogP contribution >= 0.6 is 11.6 Å². The lowest BCUT2D eigenvalue weighted by Crippen LogP contribution is -2.40. The average Bonchev–Trinajstić information content (AvgIpc) is 2.75. The average molecular weight is 259 g/mol. The topological polar surface area (TPSA) is 53.6 Å². The molecule has 18 heavy (non-hydrogen) atoms. The molecule has 4 nitrogen and oxygen atoms in total. The molecule has 0 radical (unpaired) electrons. The van der Waals surface area contributed by atoms with Crippen LogP contribution in [0.5, 0.6) is 0 Å². The summed E-state index contributed by atoms with van der Waals surface area (Å²) < 4.78 is 2.03. The van der Waals surface area contributed by atoms with Crippen LogP contribution in [-0.4, -0.2) is 22.6 Å². The zero-order valence-corrected chi connectivity index (χ0v) is 10.4. The number of nitriles is 1. The molecule has 1 N–H and O–H groups in total. The van der Waals surface area contributed by atoms with Gasteiger partial charge in [0.2, 0.25) is 0 Å². The lowest BCUT2D eigenvalue weighted by molar-refractivity contribution is 0.435. The summed E-state index contributed by atoms with van der Waals surface area (Å²) in [5.74, 6) is 0.502. The fourth-order valence-corrected chi connectivity index (χ4v) is 2.28. The molecular weight excluding hydrogens is 248 g/mol. The summed E-state index contributed by atoms with van der Waals surface area (Å²) in [5, 5.41) is 12.6. The molecule has 0 atom stereocenters. The van der Waals surface area contributed by atoms with Crippen molar-refractivity contribution in [2.24, 2.45) is 0 Å². The molecule has 5 heteroatoms. The minimum absolute atomic E-state index is 0.474. The minimum atomic E-state index is 0.474. The number of benzene rings is 1. The third kappa shape index (κ3) is 1.78. The molecule has 1 aromatic heterocycles. The van der Waals surface area contributed by atoms with Crippen molar-refractivity contribution < 1.29 is 0 Å². The molecule has 0 amide bonds. The Morgan fingerprint density at radius 3 is 2.89 bits per heavy atom. The quantitative estimate of drug-likeness (QED) is 0.897. The van der Waals surface area contributed by atoms with Gasteiger partial charge >= 0.3 is 0 Å². The van der Waals surface area contributed by atoms with Crippen LogP contribution in [-0.2, 0) is 0 Å². The van der Waals surface area contributed by atoms with Crippen LogP contribution in [0.4, 0.5) is 0 Å². The maximum Gasteiger partial charge on any atom is 0.101 e. The van der Waals surface area contributed by atoms with Crippen molar-refractivity contribution in [2.45, 2.75) is 5.92 Å². The van der Waals surface area contributed by atoms with Crippen molar-refractivity contribution in [2.75, 3.05) is 13.1 Å². The maximum absolute atomic E-state index is 8.87. The van der Waals surface area contributed by atoms with E-state index in [0.29, 0.717) is 16.5 Å². The molecule has 1 saturated heterocycles. The Balaban J connectivity index is 2.02. The van der Waals surface area contributed by atoms with Crippen LogP contribution in [0.15, 0.2) is 30.7 Å². The fourth-order valence-electron chi connectivity index (χ4n) is 2.07. The first-order valence-electron chi connectivity index (χ1n) is 5.72. The third-order valence-electron chi connectivity index (χ3n) is 3.22. The van der Waals surface area contributed by atoms with Crippen molar-refractivity contribution >= 4 is 11.6 Å². The Labute approximate surface area is 110 Å². The van der Waals surface area contributed by atoms with Crippen LogP contribution < -0.4 is 5.32 Å². The third-order valence-corrected chi connectivity index (χ3v) is 3.53. The van der Waals surface area contributed by atoms with Gasteiger partial charge in [0.05, 0.1) is 16.9 Å². The van der Waals surface area contributed by atoms with E-state index in [2.05, 4.69) is 16.4 Å². The highest BCUT2D eigenvalue weighted by atomic mass is 35.5. The van der Waals surface area contributed by atoms with Crippen molar-refractivity contribution in [3.8, 4) is 11.8 Å². The fraction of sp³-hybridized carbons (Fsp3) is 0.231. The molecule has 0 saturated carbocycles. The van der Waals surface area contributed by atoms with Gasteiger partial charge in [-0.1, -0.05) is 11.6 Å². The van der Waals surface area contributed by atoms with Crippen molar-refractivity contribution in [1.29, 1.82) is 5.26 Å². The summed E-state index contributed by atoms with van der Waals surface area (Å²) in [4.78, 5) is 4.20. The molecule has 1 aromatic carbocycles. The number of hydrogen-bond donors (Lipinski definition) is 1. The lowest BCUT2D eigenvalue weighted by atomic mass is 10.00.